The van der Waals surface area contributed by atoms with Gasteiger partial charge in [-0.2, -0.15) is 0 Å². The molecular weight excluding hydrogens is 392 g/mol. The molecule has 0 fully saturated rings. The average molecular weight is 427 g/mol. The molecule has 2 N–H and O–H groups in total. The Balaban J connectivity index is 3.44. The van der Waals surface area contributed by atoms with Gasteiger partial charge >= 0.3 is 0 Å². The van der Waals surface area contributed by atoms with Crippen LogP contribution in [0.5, 0.6) is 0 Å². The van der Waals surface area contributed by atoms with Crippen molar-refractivity contribution in [3.8, 4) is 11.8 Å². The highest BCUT2D eigenvalue weighted by Crippen LogP contribution is 2.38. The normalized spacial score (nSPS) is 26.3. The summed E-state index contributed by atoms with van der Waals surface area (Å²) in [5.74, 6) is 5.89. The van der Waals surface area contributed by atoms with Crippen LogP contribution in [0.25, 0.3) is 0 Å². The molecule has 1 rings (SSSR count). The van der Waals surface area contributed by atoms with E-state index in [2.05, 4.69) is 43.1 Å². The summed E-state index contributed by atoms with van der Waals surface area (Å²) in [5, 5.41) is 0. The van der Waals surface area contributed by atoms with Crippen LogP contribution in [0, 0.1) is 17.8 Å². The Hall–Kier alpha value is -2.58. The van der Waals surface area contributed by atoms with Gasteiger partial charge in [0.25, 0.3) is 0 Å². The first-order valence-corrected chi connectivity index (χ1v) is 11.5. The molecule has 1 aliphatic heterocycles. The fraction of sp³-hybridized carbons (Fsp3) is 0.400. The molecular formula is C25H34N2O2S. The van der Waals surface area contributed by atoms with Gasteiger partial charge in [0, 0.05) is 5.57 Å². The van der Waals surface area contributed by atoms with Crippen molar-refractivity contribution >= 4 is 15.7 Å². The zero-order valence-electron chi connectivity index (χ0n) is 18.9. The van der Waals surface area contributed by atoms with E-state index < -0.39 is 20.1 Å². The number of hydrogen-bond acceptors (Lipinski definition) is 4. The molecule has 0 bridgehead atoms. The topological polar surface area (TPSA) is 72.5 Å². The lowest BCUT2D eigenvalue weighted by Crippen LogP contribution is -2.58. The third-order valence-corrected chi connectivity index (χ3v) is 7.96. The van der Waals surface area contributed by atoms with E-state index in [4.69, 9.17) is 5.73 Å². The van der Waals surface area contributed by atoms with Gasteiger partial charge in [0.1, 0.15) is 10.6 Å². The van der Waals surface area contributed by atoms with Crippen molar-refractivity contribution < 1.29 is 8.42 Å². The van der Waals surface area contributed by atoms with Crippen LogP contribution in [0.4, 0.5) is 0 Å². The molecule has 1 heterocycles. The van der Waals surface area contributed by atoms with Crippen LogP contribution in [-0.4, -0.2) is 30.3 Å². The zero-order chi connectivity index (χ0) is 23.3. The molecule has 2 atom stereocenters. The first-order chi connectivity index (χ1) is 13.8. The second-order valence-corrected chi connectivity index (χ2v) is 10.8. The lowest BCUT2D eigenvalue weighted by Gasteiger charge is -2.41. The molecule has 0 amide bonds. The Kier molecular flexibility index (Phi) is 8.05. The second kappa shape index (κ2) is 9.49. The van der Waals surface area contributed by atoms with Crippen molar-refractivity contribution in [2.75, 3.05) is 5.75 Å². The number of nitrogens with two attached hydrogens (primary N) is 1. The van der Waals surface area contributed by atoms with Crippen LogP contribution in [0.2, 0.25) is 0 Å². The van der Waals surface area contributed by atoms with Gasteiger partial charge in [-0.1, -0.05) is 58.2 Å². The summed E-state index contributed by atoms with van der Waals surface area (Å²) < 4.78 is 25.4. The minimum atomic E-state index is -3.56. The van der Waals surface area contributed by atoms with Crippen molar-refractivity contribution in [2.24, 2.45) is 16.6 Å². The average Bonchev–Trinajstić information content (AvgIpc) is 2.62. The van der Waals surface area contributed by atoms with Crippen molar-refractivity contribution in [3.05, 3.63) is 72.9 Å². The number of aliphatic imine (C=N–C) groups is 1. The van der Waals surface area contributed by atoms with Crippen LogP contribution >= 0.6 is 0 Å². The lowest BCUT2D eigenvalue weighted by atomic mass is 9.89. The molecule has 4 nitrogen and oxygen atoms in total. The number of hydrogen-bond donors (Lipinski definition) is 1. The van der Waals surface area contributed by atoms with Gasteiger partial charge in [-0.25, -0.2) is 8.42 Å². The first-order valence-electron chi connectivity index (χ1n) is 9.84. The first kappa shape index (κ1) is 25.5. The predicted octanol–water partition coefficient (Wildman–Crippen LogP) is 4.70. The van der Waals surface area contributed by atoms with Gasteiger partial charge in [-0.3, -0.25) is 4.99 Å². The minimum absolute atomic E-state index is 0.134. The summed E-state index contributed by atoms with van der Waals surface area (Å²) in [6, 6.07) is 0. The number of sulfone groups is 1. The maximum absolute atomic E-state index is 13.3. The number of amidine groups is 1. The number of allylic oxidation sites excluding steroid dienone is 6. The van der Waals surface area contributed by atoms with Crippen molar-refractivity contribution in [3.63, 3.8) is 0 Å². The van der Waals surface area contributed by atoms with E-state index in [1.54, 1.807) is 45.1 Å². The van der Waals surface area contributed by atoms with Gasteiger partial charge in [-0.15, -0.1) is 5.92 Å². The van der Waals surface area contributed by atoms with Crippen molar-refractivity contribution in [1.82, 2.24) is 0 Å². The summed E-state index contributed by atoms with van der Waals surface area (Å²) in [7, 11) is -3.56. The number of rotatable bonds is 8. The molecule has 30 heavy (non-hydrogen) atoms. The molecule has 0 spiro atoms. The van der Waals surface area contributed by atoms with E-state index in [0.717, 1.165) is 5.57 Å². The molecule has 1 aliphatic rings. The minimum Gasteiger partial charge on any atom is -0.386 e. The highest BCUT2D eigenvalue weighted by atomic mass is 32.2. The zero-order valence-corrected chi connectivity index (χ0v) is 19.7. The fourth-order valence-corrected chi connectivity index (χ4v) is 5.79. The predicted molar refractivity (Wildman–Crippen MR) is 130 cm³/mol. The molecule has 0 saturated carbocycles. The third-order valence-electron chi connectivity index (χ3n) is 5.27. The van der Waals surface area contributed by atoms with Crippen LogP contribution in [0.3, 0.4) is 0 Å². The monoisotopic (exact) mass is 426 g/mol. The molecule has 0 aromatic heterocycles. The van der Waals surface area contributed by atoms with Gasteiger partial charge in [0.05, 0.1) is 11.3 Å². The van der Waals surface area contributed by atoms with Gasteiger partial charge in [0.15, 0.2) is 9.84 Å². The van der Waals surface area contributed by atoms with E-state index in [9.17, 15) is 8.42 Å². The number of nitrogens with zero attached hydrogens (tertiary/aromatic N) is 1. The Labute approximate surface area is 182 Å². The van der Waals surface area contributed by atoms with Crippen LogP contribution < -0.4 is 5.73 Å². The summed E-state index contributed by atoms with van der Waals surface area (Å²) in [4.78, 5) is 4.66. The lowest BCUT2D eigenvalue weighted by molar-refractivity contribution is 0.476. The smallest absolute Gasteiger partial charge is 0.165 e. The van der Waals surface area contributed by atoms with Gasteiger partial charge in [0.2, 0.25) is 0 Å². The quantitative estimate of drug-likeness (QED) is 0.452. The van der Waals surface area contributed by atoms with Crippen LogP contribution in [-0.2, 0) is 9.84 Å². The second-order valence-electron chi connectivity index (χ2n) is 8.39. The molecule has 5 heteroatoms. The van der Waals surface area contributed by atoms with E-state index in [-0.39, 0.29) is 17.5 Å². The molecule has 0 saturated heterocycles. The van der Waals surface area contributed by atoms with E-state index in [1.807, 2.05) is 13.8 Å². The van der Waals surface area contributed by atoms with Crippen LogP contribution in [0.1, 0.15) is 41.0 Å². The Morgan fingerprint density at radius 1 is 1.20 bits per heavy atom. The highest BCUT2D eigenvalue weighted by Gasteiger charge is 2.51. The third kappa shape index (κ3) is 5.31. The van der Waals surface area contributed by atoms with E-state index in [1.165, 1.54) is 0 Å². The van der Waals surface area contributed by atoms with Crippen LogP contribution in [0.15, 0.2) is 77.9 Å². The largest absolute Gasteiger partial charge is 0.386 e. The Morgan fingerprint density at radius 2 is 1.77 bits per heavy atom. The molecule has 0 aromatic rings. The SMILES string of the molecule is C=C/C(C#CC)=C\C(=C)C(=C)/C=C(\C=C)[C@]1(C)CS(=O)(=O)[C@@](C)(CC(C)C)C(N)=N1. The van der Waals surface area contributed by atoms with Crippen molar-refractivity contribution in [1.29, 1.82) is 0 Å². The molecule has 0 unspecified atom stereocenters. The molecule has 0 aromatic carbocycles. The standard InChI is InChI=1S/C25H34N2O2S/c1-10-13-21(11-2)14-19(6)20(7)15-22(12-3)24(8)17-30(28,29)25(9,16-18(4)5)23(26)27-24/h11-12,14-15,18H,2-3,6-7,16-17H2,1,4-5,8-9H3,(H2,26,27)/b21-14+,22-15+/t24-,25-/m0/s1. The van der Waals surface area contributed by atoms with E-state index in [0.29, 0.717) is 23.1 Å². The molecule has 0 aliphatic carbocycles. The van der Waals surface area contributed by atoms with Gasteiger partial charge < -0.3 is 5.73 Å². The Bertz CT molecular complexity index is 1010. The summed E-state index contributed by atoms with van der Waals surface area (Å²) in [6.45, 7) is 24.8. The summed E-state index contributed by atoms with van der Waals surface area (Å²) in [5.41, 5.74) is 7.76. The van der Waals surface area contributed by atoms with E-state index >= 15 is 0 Å². The van der Waals surface area contributed by atoms with Gasteiger partial charge in [-0.05, 0) is 62.0 Å². The van der Waals surface area contributed by atoms with Crippen molar-refractivity contribution in [2.45, 2.75) is 51.3 Å². The molecule has 0 radical (unpaired) electrons. The Morgan fingerprint density at radius 3 is 2.20 bits per heavy atom. The molecule has 162 valence electrons. The summed E-state index contributed by atoms with van der Waals surface area (Å²) in [6.07, 6.45) is 7.19. The summed E-state index contributed by atoms with van der Waals surface area (Å²) >= 11 is 0. The fourth-order valence-electron chi connectivity index (χ4n) is 3.55. The maximum atomic E-state index is 13.3. The maximum Gasteiger partial charge on any atom is 0.165 e. The highest BCUT2D eigenvalue weighted by molar-refractivity contribution is 7.93.